The molecule has 2 bridgehead atoms. The lowest BCUT2D eigenvalue weighted by atomic mass is 9.92. The minimum absolute atomic E-state index is 0. The third kappa shape index (κ3) is 1.84. The first-order chi connectivity index (χ1) is 4.71. The Morgan fingerprint density at radius 1 is 1.33 bits per heavy atom. The number of halogens is 3. The van der Waals surface area contributed by atoms with Crippen LogP contribution in [0.4, 0.5) is 4.39 Å². The molecular weight excluding hydrogens is 202 g/mol. The van der Waals surface area contributed by atoms with E-state index in [-0.39, 0.29) is 30.9 Å². The molecule has 74 valence electrons. The highest BCUT2D eigenvalue weighted by Crippen LogP contribution is 2.33. The van der Waals surface area contributed by atoms with Crippen LogP contribution in [-0.4, -0.2) is 36.2 Å². The maximum Gasteiger partial charge on any atom is 0.139 e. The fraction of sp³-hybridized carbons (Fsp3) is 1.00. The third-order valence-electron chi connectivity index (χ3n) is 2.75. The van der Waals surface area contributed by atoms with E-state index in [0.717, 1.165) is 19.5 Å². The van der Waals surface area contributed by atoms with Crippen molar-refractivity contribution in [2.45, 2.75) is 24.6 Å². The van der Waals surface area contributed by atoms with Crippen molar-refractivity contribution in [3.05, 3.63) is 0 Å². The van der Waals surface area contributed by atoms with Gasteiger partial charge in [0, 0.05) is 19.1 Å². The molecule has 2 fully saturated rings. The number of piperidine rings is 1. The largest absolute Gasteiger partial charge is 0.325 e. The van der Waals surface area contributed by atoms with E-state index in [4.69, 9.17) is 5.73 Å². The monoisotopic (exact) mass is 216 g/mol. The normalized spacial score (nSPS) is 44.5. The van der Waals surface area contributed by atoms with Crippen molar-refractivity contribution >= 4 is 24.8 Å². The fourth-order valence-electron chi connectivity index (χ4n) is 1.95. The van der Waals surface area contributed by atoms with Gasteiger partial charge in [0.25, 0.3) is 0 Å². The average Bonchev–Trinajstić information content (AvgIpc) is 2.22. The molecule has 3 atom stereocenters. The van der Waals surface area contributed by atoms with Crippen LogP contribution in [0.5, 0.6) is 0 Å². The highest BCUT2D eigenvalue weighted by molar-refractivity contribution is 5.85. The van der Waals surface area contributed by atoms with Gasteiger partial charge in [-0.2, -0.15) is 0 Å². The minimum Gasteiger partial charge on any atom is -0.325 e. The summed E-state index contributed by atoms with van der Waals surface area (Å²) in [4.78, 5) is 2.16. The molecule has 5 heteroatoms. The van der Waals surface area contributed by atoms with Gasteiger partial charge in [0.2, 0.25) is 0 Å². The van der Waals surface area contributed by atoms with E-state index in [2.05, 4.69) is 4.90 Å². The predicted molar refractivity (Wildman–Crippen MR) is 52.0 cm³/mol. The van der Waals surface area contributed by atoms with Crippen molar-refractivity contribution in [3.8, 4) is 0 Å². The van der Waals surface area contributed by atoms with E-state index in [1.54, 1.807) is 0 Å². The molecule has 0 spiro atoms. The van der Waals surface area contributed by atoms with Gasteiger partial charge in [-0.05, 0) is 19.4 Å². The topological polar surface area (TPSA) is 29.3 Å². The lowest BCUT2D eigenvalue weighted by molar-refractivity contribution is 0.0929. The molecule has 2 N–H and O–H groups in total. The van der Waals surface area contributed by atoms with Crippen LogP contribution in [0.2, 0.25) is 0 Å². The number of hydrogen-bond donors (Lipinski definition) is 1. The van der Waals surface area contributed by atoms with Gasteiger partial charge in [0.1, 0.15) is 5.67 Å². The molecule has 2 saturated heterocycles. The van der Waals surface area contributed by atoms with Crippen LogP contribution in [0.1, 0.15) is 12.8 Å². The highest BCUT2D eigenvalue weighted by Gasteiger charge is 2.46. The summed E-state index contributed by atoms with van der Waals surface area (Å²) in [5, 5.41) is 0. The molecule has 0 aromatic rings. The standard InChI is InChI=1S/C7H13FN2.2ClH/c8-7-2-4-10(5-7)3-1-6(7)9;;/h6H,1-5,9H2;2*1H. The molecule has 2 aliphatic heterocycles. The number of hydrogen-bond acceptors (Lipinski definition) is 2. The van der Waals surface area contributed by atoms with E-state index in [1.165, 1.54) is 0 Å². The zero-order valence-electron chi connectivity index (χ0n) is 6.83. The summed E-state index contributed by atoms with van der Waals surface area (Å²) in [6.07, 6.45) is 1.48. The second kappa shape index (κ2) is 4.09. The van der Waals surface area contributed by atoms with E-state index in [9.17, 15) is 4.39 Å². The summed E-state index contributed by atoms with van der Waals surface area (Å²) < 4.78 is 13.6. The van der Waals surface area contributed by atoms with Gasteiger partial charge in [0.05, 0.1) is 0 Å². The van der Waals surface area contributed by atoms with E-state index < -0.39 is 5.67 Å². The highest BCUT2D eigenvalue weighted by atomic mass is 35.5. The summed E-state index contributed by atoms with van der Waals surface area (Å²) in [5.41, 5.74) is 4.61. The molecule has 3 unspecified atom stereocenters. The lowest BCUT2D eigenvalue weighted by Gasteiger charge is -2.32. The SMILES string of the molecule is Cl.Cl.NC1CCN2CCC1(F)C2. The van der Waals surface area contributed by atoms with Gasteiger partial charge in [-0.3, -0.25) is 4.90 Å². The fourth-order valence-corrected chi connectivity index (χ4v) is 1.95. The van der Waals surface area contributed by atoms with Crippen LogP contribution in [0, 0.1) is 0 Å². The van der Waals surface area contributed by atoms with Crippen LogP contribution in [-0.2, 0) is 0 Å². The summed E-state index contributed by atoms with van der Waals surface area (Å²) in [6, 6.07) is -0.203. The number of alkyl halides is 1. The zero-order chi connectivity index (χ0) is 7.19. The van der Waals surface area contributed by atoms with Crippen LogP contribution in [0.3, 0.4) is 0 Å². The Hall–Kier alpha value is 0.430. The molecule has 2 heterocycles. The van der Waals surface area contributed by atoms with Gasteiger partial charge in [-0.25, -0.2) is 4.39 Å². The van der Waals surface area contributed by atoms with Crippen LogP contribution >= 0.6 is 24.8 Å². The Bertz CT molecular complexity index is 156. The minimum atomic E-state index is -1.04. The first-order valence-electron chi connectivity index (χ1n) is 3.88. The van der Waals surface area contributed by atoms with Crippen molar-refractivity contribution in [2.24, 2.45) is 5.73 Å². The maximum atomic E-state index is 13.6. The van der Waals surface area contributed by atoms with Crippen molar-refractivity contribution in [3.63, 3.8) is 0 Å². The van der Waals surface area contributed by atoms with E-state index >= 15 is 0 Å². The molecule has 2 aliphatic rings. The summed E-state index contributed by atoms with van der Waals surface area (Å²) in [6.45, 7) is 2.48. The number of nitrogens with zero attached hydrogens (tertiary/aromatic N) is 1. The van der Waals surface area contributed by atoms with Crippen molar-refractivity contribution in [2.75, 3.05) is 19.6 Å². The second-order valence-corrected chi connectivity index (χ2v) is 3.46. The van der Waals surface area contributed by atoms with Crippen molar-refractivity contribution in [1.29, 1.82) is 0 Å². The van der Waals surface area contributed by atoms with Crippen LogP contribution in [0.15, 0.2) is 0 Å². The molecule has 0 amide bonds. The first-order valence-corrected chi connectivity index (χ1v) is 3.88. The number of rotatable bonds is 0. The number of fused-ring (bicyclic) bond motifs is 2. The molecule has 0 aromatic carbocycles. The Morgan fingerprint density at radius 3 is 2.58 bits per heavy atom. The van der Waals surface area contributed by atoms with Gasteiger partial charge < -0.3 is 5.73 Å². The van der Waals surface area contributed by atoms with Crippen LogP contribution in [0.25, 0.3) is 0 Å². The molecule has 2 nitrogen and oxygen atoms in total. The predicted octanol–water partition coefficient (Wildman–Crippen LogP) is 0.975. The molecule has 0 aromatic heterocycles. The van der Waals surface area contributed by atoms with Crippen molar-refractivity contribution < 1.29 is 4.39 Å². The molecule has 12 heavy (non-hydrogen) atoms. The Morgan fingerprint density at radius 2 is 2.00 bits per heavy atom. The van der Waals surface area contributed by atoms with Gasteiger partial charge in [-0.15, -0.1) is 24.8 Å². The van der Waals surface area contributed by atoms with Gasteiger partial charge in [-0.1, -0.05) is 0 Å². The summed E-state index contributed by atoms with van der Waals surface area (Å²) in [5.74, 6) is 0. The average molecular weight is 217 g/mol. The van der Waals surface area contributed by atoms with Crippen molar-refractivity contribution in [1.82, 2.24) is 4.90 Å². The smallest absolute Gasteiger partial charge is 0.139 e. The van der Waals surface area contributed by atoms with E-state index in [0.29, 0.717) is 13.0 Å². The van der Waals surface area contributed by atoms with E-state index in [1.807, 2.05) is 0 Å². The third-order valence-corrected chi connectivity index (χ3v) is 2.75. The Kier molecular flexibility index (Phi) is 4.24. The van der Waals surface area contributed by atoms with Gasteiger partial charge in [0.15, 0.2) is 0 Å². The second-order valence-electron chi connectivity index (χ2n) is 3.46. The quantitative estimate of drug-likeness (QED) is 0.655. The Labute approximate surface area is 84.5 Å². The van der Waals surface area contributed by atoms with Gasteiger partial charge >= 0.3 is 0 Å². The molecule has 0 aliphatic carbocycles. The Balaban J connectivity index is 0.000000605. The molecular formula is C7H15Cl2FN2. The molecule has 0 radical (unpaired) electrons. The first kappa shape index (κ1) is 12.4. The summed E-state index contributed by atoms with van der Waals surface area (Å²) >= 11 is 0. The molecule has 2 rings (SSSR count). The maximum absolute atomic E-state index is 13.6. The zero-order valence-corrected chi connectivity index (χ0v) is 8.46. The van der Waals surface area contributed by atoms with Crippen LogP contribution < -0.4 is 5.73 Å². The lowest BCUT2D eigenvalue weighted by Crippen LogP contribution is -2.51. The summed E-state index contributed by atoms with van der Waals surface area (Å²) in [7, 11) is 0. The number of nitrogens with two attached hydrogens (primary N) is 1. The molecule has 0 saturated carbocycles.